The summed E-state index contributed by atoms with van der Waals surface area (Å²) in [5, 5.41) is 3.26. The number of aryl methyl sites for hydroxylation is 1. The van der Waals surface area contributed by atoms with Gasteiger partial charge in [0.2, 0.25) is 5.91 Å². The maximum atomic E-state index is 12.6. The monoisotopic (exact) mass is 563 g/mol. The zero-order valence-electron chi connectivity index (χ0n) is 17.0. The van der Waals surface area contributed by atoms with Crippen molar-refractivity contribution in [1.29, 1.82) is 0 Å². The molecular formula is C23H19Br2NO4S. The number of methoxy groups -OCH3 is 2. The fraction of sp³-hybridized carbons (Fsp3) is 0.130. The van der Waals surface area contributed by atoms with Crippen LogP contribution < -0.4 is 10.1 Å². The van der Waals surface area contributed by atoms with Gasteiger partial charge in [0.05, 0.1) is 14.2 Å². The lowest BCUT2D eigenvalue weighted by Crippen LogP contribution is -2.11. The minimum absolute atomic E-state index is 0.342. The van der Waals surface area contributed by atoms with Gasteiger partial charge in [-0.1, -0.05) is 44.0 Å². The molecule has 0 spiro atoms. The summed E-state index contributed by atoms with van der Waals surface area (Å²) in [6.45, 7) is 1.91. The molecule has 1 aromatic heterocycles. The summed E-state index contributed by atoms with van der Waals surface area (Å²) in [7, 11) is 2.90. The molecular weight excluding hydrogens is 546 g/mol. The van der Waals surface area contributed by atoms with Gasteiger partial charge in [0.15, 0.2) is 0 Å². The van der Waals surface area contributed by atoms with Gasteiger partial charge >= 0.3 is 5.97 Å². The first kappa shape index (κ1) is 23.2. The van der Waals surface area contributed by atoms with Crippen LogP contribution in [0.5, 0.6) is 5.75 Å². The predicted molar refractivity (Wildman–Crippen MR) is 132 cm³/mol. The summed E-state index contributed by atoms with van der Waals surface area (Å²) in [6.07, 6.45) is 3.06. The Kier molecular flexibility index (Phi) is 7.69. The van der Waals surface area contributed by atoms with Gasteiger partial charge in [-0.15, -0.1) is 11.3 Å². The zero-order valence-corrected chi connectivity index (χ0v) is 21.0. The molecule has 5 nitrogen and oxygen atoms in total. The van der Waals surface area contributed by atoms with Crippen molar-refractivity contribution in [1.82, 2.24) is 0 Å². The van der Waals surface area contributed by atoms with Crippen molar-refractivity contribution >= 4 is 66.2 Å². The number of anilines is 1. The van der Waals surface area contributed by atoms with Crippen LogP contribution in [0.15, 0.2) is 57.5 Å². The van der Waals surface area contributed by atoms with E-state index >= 15 is 0 Å². The Hall–Kier alpha value is -2.42. The Balaban J connectivity index is 1.93. The second kappa shape index (κ2) is 10.3. The number of carbonyl (C=O) groups excluding carboxylic acids is 2. The van der Waals surface area contributed by atoms with Gasteiger partial charge in [-0.25, -0.2) is 4.79 Å². The van der Waals surface area contributed by atoms with E-state index in [1.165, 1.54) is 24.5 Å². The highest BCUT2D eigenvalue weighted by Crippen LogP contribution is 2.40. The number of hydrogen-bond acceptors (Lipinski definition) is 5. The maximum absolute atomic E-state index is 12.6. The van der Waals surface area contributed by atoms with Crippen molar-refractivity contribution in [3.8, 4) is 16.9 Å². The Morgan fingerprint density at radius 2 is 1.71 bits per heavy atom. The molecule has 31 heavy (non-hydrogen) atoms. The second-order valence-electron chi connectivity index (χ2n) is 6.44. The number of rotatable bonds is 6. The number of ether oxygens (including phenoxy) is 2. The molecule has 8 heteroatoms. The van der Waals surface area contributed by atoms with Crippen LogP contribution in [0.25, 0.3) is 17.2 Å². The Morgan fingerprint density at radius 3 is 2.35 bits per heavy atom. The fourth-order valence-corrected chi connectivity index (χ4v) is 4.76. The number of esters is 1. The Labute approximate surface area is 201 Å². The molecule has 160 valence electrons. The van der Waals surface area contributed by atoms with Crippen LogP contribution >= 0.6 is 43.2 Å². The van der Waals surface area contributed by atoms with Gasteiger partial charge in [-0.3, -0.25) is 4.79 Å². The predicted octanol–water partition coefficient (Wildman–Crippen LogP) is 6.70. The molecule has 0 aliphatic rings. The minimum atomic E-state index is -0.504. The third-order valence-electron chi connectivity index (χ3n) is 4.45. The minimum Gasteiger partial charge on any atom is -0.496 e. The first-order valence-electron chi connectivity index (χ1n) is 9.14. The lowest BCUT2D eigenvalue weighted by molar-refractivity contribution is -0.111. The van der Waals surface area contributed by atoms with Gasteiger partial charge in [-0.05, 0) is 48.9 Å². The molecule has 0 aliphatic carbocycles. The number of halogens is 2. The van der Waals surface area contributed by atoms with Crippen molar-refractivity contribution in [2.75, 3.05) is 19.5 Å². The number of benzene rings is 2. The standard InChI is InChI=1S/C23H19Br2NO4S/c1-13-20(14-4-7-16(24)8-5-14)21(23(28)30-3)22(31-13)26-19(27)11-6-15-12-17(25)9-10-18(15)29-2/h4-12H,1-3H3,(H,26,27)/b11-6+. The molecule has 0 aliphatic heterocycles. The van der Waals surface area contributed by atoms with Crippen LogP contribution in [-0.2, 0) is 9.53 Å². The summed E-state index contributed by atoms with van der Waals surface area (Å²) in [4.78, 5) is 26.1. The highest BCUT2D eigenvalue weighted by molar-refractivity contribution is 9.10. The molecule has 0 saturated heterocycles. The van der Waals surface area contributed by atoms with Crippen LogP contribution in [0.3, 0.4) is 0 Å². The highest BCUT2D eigenvalue weighted by Gasteiger charge is 2.24. The molecule has 0 bridgehead atoms. The second-order valence-corrected chi connectivity index (χ2v) is 9.50. The van der Waals surface area contributed by atoms with Gasteiger partial charge in [0.25, 0.3) is 0 Å². The van der Waals surface area contributed by atoms with Crippen LogP contribution in [0.1, 0.15) is 20.8 Å². The van der Waals surface area contributed by atoms with Crippen molar-refractivity contribution in [3.05, 3.63) is 73.5 Å². The molecule has 0 atom stereocenters. The molecule has 1 N–H and O–H groups in total. The van der Waals surface area contributed by atoms with Gasteiger partial charge in [-0.2, -0.15) is 0 Å². The molecule has 3 rings (SSSR count). The van der Waals surface area contributed by atoms with E-state index < -0.39 is 5.97 Å². The van der Waals surface area contributed by atoms with Crippen LogP contribution in [0, 0.1) is 6.92 Å². The largest absolute Gasteiger partial charge is 0.496 e. The normalized spacial score (nSPS) is 10.9. The van der Waals surface area contributed by atoms with Crippen molar-refractivity contribution in [3.63, 3.8) is 0 Å². The molecule has 1 heterocycles. The van der Waals surface area contributed by atoms with Crippen LogP contribution in [-0.4, -0.2) is 26.1 Å². The SMILES string of the molecule is COC(=O)c1c(NC(=O)/C=C/c2cc(Br)ccc2OC)sc(C)c1-c1ccc(Br)cc1. The highest BCUT2D eigenvalue weighted by atomic mass is 79.9. The summed E-state index contributed by atoms with van der Waals surface area (Å²) in [6, 6.07) is 13.2. The first-order valence-corrected chi connectivity index (χ1v) is 11.5. The van der Waals surface area contributed by atoms with Gasteiger partial charge in [0.1, 0.15) is 16.3 Å². The Morgan fingerprint density at radius 1 is 1.03 bits per heavy atom. The fourth-order valence-electron chi connectivity index (χ4n) is 3.05. The number of nitrogens with one attached hydrogen (secondary N) is 1. The number of thiophene rings is 1. The van der Waals surface area contributed by atoms with Crippen molar-refractivity contribution in [2.24, 2.45) is 0 Å². The lowest BCUT2D eigenvalue weighted by Gasteiger charge is -2.08. The molecule has 0 radical (unpaired) electrons. The van der Waals surface area contributed by atoms with E-state index in [2.05, 4.69) is 37.2 Å². The topological polar surface area (TPSA) is 64.6 Å². The summed E-state index contributed by atoms with van der Waals surface area (Å²) in [5.41, 5.74) is 2.71. The molecule has 1 amide bonds. The molecule has 0 unspecified atom stereocenters. The van der Waals surface area contributed by atoms with Gasteiger partial charge < -0.3 is 14.8 Å². The van der Waals surface area contributed by atoms with Crippen LogP contribution in [0.4, 0.5) is 5.00 Å². The first-order chi connectivity index (χ1) is 14.8. The quantitative estimate of drug-likeness (QED) is 0.267. The van der Waals surface area contributed by atoms with E-state index in [4.69, 9.17) is 9.47 Å². The van der Waals surface area contributed by atoms with Crippen molar-refractivity contribution < 1.29 is 19.1 Å². The zero-order chi connectivity index (χ0) is 22.5. The lowest BCUT2D eigenvalue weighted by atomic mass is 10.0. The maximum Gasteiger partial charge on any atom is 0.341 e. The third kappa shape index (κ3) is 5.44. The third-order valence-corrected chi connectivity index (χ3v) is 6.49. The van der Waals surface area contributed by atoms with E-state index in [1.54, 1.807) is 13.2 Å². The average molecular weight is 565 g/mol. The van der Waals surface area contributed by atoms with Gasteiger partial charge in [0, 0.05) is 31.0 Å². The number of carbonyl (C=O) groups is 2. The van der Waals surface area contributed by atoms with E-state index in [1.807, 2.05) is 49.4 Å². The summed E-state index contributed by atoms with van der Waals surface area (Å²) in [5.74, 6) is -0.224. The number of hydrogen-bond donors (Lipinski definition) is 1. The van der Waals surface area contributed by atoms with E-state index in [0.29, 0.717) is 16.3 Å². The molecule has 0 fully saturated rings. The summed E-state index contributed by atoms with van der Waals surface area (Å²) < 4.78 is 12.1. The summed E-state index contributed by atoms with van der Waals surface area (Å²) >= 11 is 8.17. The van der Waals surface area contributed by atoms with E-state index in [0.717, 1.165) is 30.5 Å². The molecule has 2 aromatic carbocycles. The Bertz CT molecular complexity index is 1150. The van der Waals surface area contributed by atoms with E-state index in [-0.39, 0.29) is 5.91 Å². The molecule has 0 saturated carbocycles. The van der Waals surface area contributed by atoms with Crippen LogP contribution in [0.2, 0.25) is 0 Å². The molecule has 3 aromatic rings. The average Bonchev–Trinajstić information content (AvgIpc) is 3.07. The smallest absolute Gasteiger partial charge is 0.341 e. The van der Waals surface area contributed by atoms with Crippen molar-refractivity contribution in [2.45, 2.75) is 6.92 Å². The van der Waals surface area contributed by atoms with E-state index in [9.17, 15) is 9.59 Å². The number of amides is 1.